The number of nitrogens with zero attached hydrogens (tertiary/aromatic N) is 3. The molecule has 2 aromatic carbocycles. The van der Waals surface area contributed by atoms with E-state index in [2.05, 4.69) is 23.6 Å². The molecule has 0 saturated carbocycles. The fraction of sp³-hybridized carbons (Fsp3) is 0.240. The largest absolute Gasteiger partial charge is 0.338 e. The van der Waals surface area contributed by atoms with Crippen molar-refractivity contribution in [1.29, 1.82) is 0 Å². The Balaban J connectivity index is 1.69. The predicted octanol–water partition coefficient (Wildman–Crippen LogP) is 3.34. The van der Waals surface area contributed by atoms with Crippen molar-refractivity contribution in [2.45, 2.75) is 25.9 Å². The van der Waals surface area contributed by atoms with Gasteiger partial charge in [0, 0.05) is 48.7 Å². The molecule has 2 N–H and O–H groups in total. The summed E-state index contributed by atoms with van der Waals surface area (Å²) in [6, 6.07) is 15.8. The Morgan fingerprint density at radius 1 is 1.18 bits per heavy atom. The van der Waals surface area contributed by atoms with Crippen LogP contribution in [0.4, 0.5) is 4.79 Å². The molecular weight excluding hydrogens is 420 g/mol. The summed E-state index contributed by atoms with van der Waals surface area (Å²) < 4.78 is 2.24. The van der Waals surface area contributed by atoms with E-state index in [1.165, 1.54) is 24.1 Å². The van der Waals surface area contributed by atoms with Crippen LogP contribution < -0.4 is 5.48 Å². The van der Waals surface area contributed by atoms with Crippen molar-refractivity contribution in [1.82, 2.24) is 19.8 Å². The van der Waals surface area contributed by atoms with Crippen molar-refractivity contribution in [3.8, 4) is 0 Å². The fourth-order valence-electron chi connectivity index (χ4n) is 4.49. The molecule has 8 nitrogen and oxygen atoms in total. The lowest BCUT2D eigenvalue weighted by molar-refractivity contribution is -0.124. The summed E-state index contributed by atoms with van der Waals surface area (Å²) in [4.78, 5) is 37.8. The lowest BCUT2D eigenvalue weighted by atomic mass is 9.93. The first-order valence-electron chi connectivity index (χ1n) is 10.7. The van der Waals surface area contributed by atoms with Crippen LogP contribution in [0.1, 0.15) is 35.2 Å². The van der Waals surface area contributed by atoms with Crippen molar-refractivity contribution in [2.24, 2.45) is 0 Å². The summed E-state index contributed by atoms with van der Waals surface area (Å²) in [5.41, 5.74) is 6.91. The average Bonchev–Trinajstić information content (AvgIpc) is 3.16. The van der Waals surface area contributed by atoms with E-state index in [-0.39, 0.29) is 11.9 Å². The first-order valence-corrected chi connectivity index (χ1v) is 10.7. The number of carbonyl (C=O) groups excluding carboxylic acids is 3. The molecule has 0 bridgehead atoms. The second-order valence-corrected chi connectivity index (χ2v) is 8.30. The van der Waals surface area contributed by atoms with Crippen LogP contribution in [0, 0.1) is 0 Å². The summed E-state index contributed by atoms with van der Waals surface area (Å²) in [6.45, 7) is 3.72. The quantitative estimate of drug-likeness (QED) is 0.272. The van der Waals surface area contributed by atoms with Crippen LogP contribution in [0.5, 0.6) is 0 Å². The van der Waals surface area contributed by atoms with E-state index in [4.69, 9.17) is 5.21 Å². The summed E-state index contributed by atoms with van der Waals surface area (Å²) in [5, 5.41) is 9.79. The van der Waals surface area contributed by atoms with E-state index in [1.54, 1.807) is 16.5 Å². The highest BCUT2D eigenvalue weighted by molar-refractivity contribution is 5.91. The Morgan fingerprint density at radius 3 is 2.61 bits per heavy atom. The van der Waals surface area contributed by atoms with E-state index < -0.39 is 5.91 Å². The van der Waals surface area contributed by atoms with Gasteiger partial charge in [0.15, 0.2) is 0 Å². The molecule has 1 aliphatic heterocycles. The number of rotatable bonds is 5. The number of urea groups is 1. The molecule has 0 saturated heterocycles. The number of para-hydroxylation sites is 1. The van der Waals surface area contributed by atoms with Crippen LogP contribution in [-0.2, 0) is 22.7 Å². The number of carbonyl (C=O) groups is 3. The molecule has 0 radical (unpaired) electrons. The summed E-state index contributed by atoms with van der Waals surface area (Å²) in [5.74, 6) is -0.452. The number of nitrogens with one attached hydrogen (secondary N) is 1. The minimum Gasteiger partial charge on any atom is -0.338 e. The van der Waals surface area contributed by atoms with Crippen LogP contribution in [0.25, 0.3) is 17.0 Å². The molecule has 1 aliphatic rings. The molecule has 1 aromatic heterocycles. The van der Waals surface area contributed by atoms with Gasteiger partial charge in [-0.3, -0.25) is 19.7 Å². The smallest absolute Gasteiger partial charge is 0.326 e. The average molecular weight is 447 g/mol. The second-order valence-electron chi connectivity index (χ2n) is 8.30. The van der Waals surface area contributed by atoms with Crippen molar-refractivity contribution in [3.05, 3.63) is 77.0 Å². The minimum absolute atomic E-state index is 0.133. The lowest BCUT2D eigenvalue weighted by Crippen LogP contribution is -2.44. The van der Waals surface area contributed by atoms with Crippen LogP contribution >= 0.6 is 0 Å². The Morgan fingerprint density at radius 2 is 1.91 bits per heavy atom. The highest BCUT2D eigenvalue weighted by atomic mass is 16.5. The highest BCUT2D eigenvalue weighted by Crippen LogP contribution is 2.37. The lowest BCUT2D eigenvalue weighted by Gasteiger charge is -2.33. The van der Waals surface area contributed by atoms with Crippen LogP contribution in [0.15, 0.2) is 54.6 Å². The van der Waals surface area contributed by atoms with Gasteiger partial charge in [-0.05, 0) is 28.8 Å². The molecule has 8 heteroatoms. The van der Waals surface area contributed by atoms with E-state index in [1.807, 2.05) is 36.4 Å². The third-order valence-electron chi connectivity index (χ3n) is 6.04. The molecule has 0 fully saturated rings. The number of hydroxylamine groups is 1. The number of imide groups is 1. The van der Waals surface area contributed by atoms with Gasteiger partial charge in [-0.1, -0.05) is 49.4 Å². The number of aromatic nitrogens is 1. The summed E-state index contributed by atoms with van der Waals surface area (Å²) in [6.07, 6.45) is 3.42. The van der Waals surface area contributed by atoms with Gasteiger partial charge in [-0.15, -0.1) is 0 Å². The predicted molar refractivity (Wildman–Crippen MR) is 124 cm³/mol. The van der Waals surface area contributed by atoms with Gasteiger partial charge in [0.1, 0.15) is 0 Å². The van der Waals surface area contributed by atoms with Gasteiger partial charge in [-0.25, -0.2) is 10.3 Å². The Bertz CT molecular complexity index is 1230. The molecule has 2 heterocycles. The van der Waals surface area contributed by atoms with Gasteiger partial charge in [0.05, 0.1) is 6.54 Å². The molecule has 4 amide bonds. The molecule has 33 heavy (non-hydrogen) atoms. The first-order chi connectivity index (χ1) is 15.9. The highest BCUT2D eigenvalue weighted by Gasteiger charge is 2.32. The normalized spacial score (nSPS) is 15.5. The van der Waals surface area contributed by atoms with E-state index in [0.29, 0.717) is 26.0 Å². The SMILES string of the molecule is CC1CN(C(=O)N(C)C=O)Cc2c1c1ccccc1n2Cc1ccc(/C=C/C(=O)NO)cc1. The zero-order valence-electron chi connectivity index (χ0n) is 18.6. The standard InChI is InChI=1S/C25H26N4O4/c1-17-13-28(25(32)27(2)16-30)15-22-24(17)20-5-3-4-6-21(20)29(22)14-19-9-7-18(8-10-19)11-12-23(31)26-33/h3-12,16-17,33H,13-15H2,1-2H3,(H,26,31)/b12-11+. The molecule has 1 atom stereocenters. The molecular formula is C25H26N4O4. The molecule has 4 rings (SSSR count). The number of benzene rings is 2. The maximum Gasteiger partial charge on any atom is 0.326 e. The fourth-order valence-corrected chi connectivity index (χ4v) is 4.49. The Hall–Kier alpha value is -3.91. The Kier molecular flexibility index (Phi) is 6.28. The number of hydrogen-bond donors (Lipinski definition) is 2. The molecule has 1 unspecified atom stereocenters. The maximum atomic E-state index is 12.7. The Labute approximate surface area is 191 Å². The zero-order chi connectivity index (χ0) is 23.5. The topological polar surface area (TPSA) is 94.9 Å². The first kappa shape index (κ1) is 22.3. The van der Waals surface area contributed by atoms with Gasteiger partial charge >= 0.3 is 6.03 Å². The van der Waals surface area contributed by atoms with Crippen LogP contribution in [-0.4, -0.2) is 51.5 Å². The van der Waals surface area contributed by atoms with Crippen molar-refractivity contribution < 1.29 is 19.6 Å². The number of amides is 4. The van der Waals surface area contributed by atoms with Crippen LogP contribution in [0.3, 0.4) is 0 Å². The summed E-state index contributed by atoms with van der Waals surface area (Å²) in [7, 11) is 1.48. The molecule has 3 aromatic rings. The number of hydrogen-bond acceptors (Lipinski definition) is 4. The summed E-state index contributed by atoms with van der Waals surface area (Å²) >= 11 is 0. The third-order valence-corrected chi connectivity index (χ3v) is 6.04. The third kappa shape index (κ3) is 4.38. The van der Waals surface area contributed by atoms with Crippen molar-refractivity contribution in [3.63, 3.8) is 0 Å². The van der Waals surface area contributed by atoms with E-state index in [0.717, 1.165) is 27.2 Å². The van der Waals surface area contributed by atoms with Gasteiger partial charge < -0.3 is 9.47 Å². The zero-order valence-corrected chi connectivity index (χ0v) is 18.6. The van der Waals surface area contributed by atoms with Crippen molar-refractivity contribution >= 4 is 35.3 Å². The van der Waals surface area contributed by atoms with E-state index in [9.17, 15) is 14.4 Å². The monoisotopic (exact) mass is 446 g/mol. The van der Waals surface area contributed by atoms with Gasteiger partial charge in [0.2, 0.25) is 6.41 Å². The van der Waals surface area contributed by atoms with E-state index >= 15 is 0 Å². The van der Waals surface area contributed by atoms with Crippen LogP contribution in [0.2, 0.25) is 0 Å². The molecule has 0 spiro atoms. The number of fused-ring (bicyclic) bond motifs is 3. The van der Waals surface area contributed by atoms with Crippen molar-refractivity contribution in [2.75, 3.05) is 13.6 Å². The maximum absolute atomic E-state index is 12.7. The second kappa shape index (κ2) is 9.30. The van der Waals surface area contributed by atoms with Gasteiger partial charge in [0.25, 0.3) is 5.91 Å². The van der Waals surface area contributed by atoms with Gasteiger partial charge in [-0.2, -0.15) is 0 Å². The minimum atomic E-state index is -0.585. The molecule has 170 valence electrons. The molecule has 0 aliphatic carbocycles.